The zero-order valence-corrected chi connectivity index (χ0v) is 16.4. The number of nitrogens with zero attached hydrogens (tertiary/aromatic N) is 5. The van der Waals surface area contributed by atoms with E-state index < -0.39 is 0 Å². The molecule has 0 unspecified atom stereocenters. The number of aromatic nitrogens is 5. The normalized spacial score (nSPS) is 11.0. The molecule has 0 fully saturated rings. The molecule has 142 valence electrons. The Morgan fingerprint density at radius 3 is 2.82 bits per heavy atom. The van der Waals surface area contributed by atoms with Crippen LogP contribution in [0.3, 0.4) is 0 Å². The highest BCUT2D eigenvalue weighted by molar-refractivity contribution is 7.18. The van der Waals surface area contributed by atoms with Crippen LogP contribution in [0.4, 0.5) is 5.69 Å². The lowest BCUT2D eigenvalue weighted by molar-refractivity contribution is 0.102. The number of benzene rings is 1. The van der Waals surface area contributed by atoms with Gasteiger partial charge in [0.15, 0.2) is 5.82 Å². The Bertz CT molecular complexity index is 1150. The van der Waals surface area contributed by atoms with Gasteiger partial charge in [-0.05, 0) is 37.6 Å². The molecule has 4 aromatic rings. The minimum absolute atomic E-state index is 0.217. The van der Waals surface area contributed by atoms with Crippen LogP contribution in [0.25, 0.3) is 16.0 Å². The largest absolute Gasteiger partial charge is 0.480 e. The molecular formula is C19H18N6O2S. The van der Waals surface area contributed by atoms with E-state index in [0.717, 1.165) is 26.6 Å². The van der Waals surface area contributed by atoms with E-state index in [9.17, 15) is 4.79 Å². The van der Waals surface area contributed by atoms with Gasteiger partial charge in [-0.2, -0.15) is 5.10 Å². The van der Waals surface area contributed by atoms with Gasteiger partial charge in [0.05, 0.1) is 39.8 Å². The van der Waals surface area contributed by atoms with Gasteiger partial charge in [-0.25, -0.2) is 9.67 Å². The second-order valence-electron chi connectivity index (χ2n) is 6.07. The summed E-state index contributed by atoms with van der Waals surface area (Å²) in [5.41, 5.74) is 2.91. The molecule has 0 atom stereocenters. The number of nitrogens with one attached hydrogen (secondary N) is 1. The molecule has 8 nitrogen and oxygen atoms in total. The van der Waals surface area contributed by atoms with Crippen LogP contribution < -0.4 is 10.1 Å². The van der Waals surface area contributed by atoms with Crippen LogP contribution in [0.5, 0.6) is 5.88 Å². The second-order valence-corrected chi connectivity index (χ2v) is 7.31. The quantitative estimate of drug-likeness (QED) is 0.557. The van der Waals surface area contributed by atoms with E-state index in [-0.39, 0.29) is 5.91 Å². The molecule has 0 spiro atoms. The monoisotopic (exact) mass is 394 g/mol. The fourth-order valence-electron chi connectivity index (χ4n) is 2.95. The number of thiazole rings is 1. The number of ether oxygens (including phenoxy) is 1. The Balaban J connectivity index is 1.62. The van der Waals surface area contributed by atoms with Crippen LogP contribution in [-0.2, 0) is 6.42 Å². The third-order valence-corrected chi connectivity index (χ3v) is 5.19. The summed E-state index contributed by atoms with van der Waals surface area (Å²) in [6.45, 7) is 3.93. The topological polar surface area (TPSA) is 94.8 Å². The second kappa shape index (κ2) is 7.35. The number of carbonyl (C=O) groups excluding carboxylic acids is 1. The molecule has 0 aliphatic rings. The SMILES string of the molecule is CCc1c(C(=O)Nc2ccc3nc(C)sc3c2)cnn1-c1ccc(OC)nn1. The van der Waals surface area contributed by atoms with Gasteiger partial charge in [0.25, 0.3) is 5.91 Å². The van der Waals surface area contributed by atoms with Crippen molar-refractivity contribution in [1.29, 1.82) is 0 Å². The van der Waals surface area contributed by atoms with Gasteiger partial charge in [0.2, 0.25) is 5.88 Å². The number of carbonyl (C=O) groups is 1. The maximum Gasteiger partial charge on any atom is 0.259 e. The van der Waals surface area contributed by atoms with Crippen LogP contribution >= 0.6 is 11.3 Å². The molecule has 1 N–H and O–H groups in total. The maximum absolute atomic E-state index is 12.8. The molecule has 3 heterocycles. The number of hydrogen-bond acceptors (Lipinski definition) is 7. The Labute approximate surface area is 165 Å². The molecule has 3 aromatic heterocycles. The first-order valence-electron chi connectivity index (χ1n) is 8.72. The molecule has 4 rings (SSSR count). The number of anilines is 1. The molecule has 1 amide bonds. The molecule has 0 saturated carbocycles. The average Bonchev–Trinajstić information content (AvgIpc) is 3.30. The van der Waals surface area contributed by atoms with Crippen LogP contribution in [0.2, 0.25) is 0 Å². The van der Waals surface area contributed by atoms with Crippen LogP contribution in [0.1, 0.15) is 28.0 Å². The molecule has 0 radical (unpaired) electrons. The predicted octanol–water partition coefficient (Wildman–Crippen LogP) is 3.40. The van der Waals surface area contributed by atoms with Crippen molar-refractivity contribution in [3.05, 3.63) is 52.8 Å². The standard InChI is InChI=1S/C19H18N6O2S/c1-4-15-13(10-20-25(15)17-7-8-18(27-3)24-23-17)19(26)22-12-5-6-14-16(9-12)28-11(2)21-14/h5-10H,4H2,1-3H3,(H,22,26). The summed E-state index contributed by atoms with van der Waals surface area (Å²) in [5, 5.41) is 16.3. The molecule has 0 saturated heterocycles. The number of hydrogen-bond donors (Lipinski definition) is 1. The van der Waals surface area contributed by atoms with Gasteiger partial charge < -0.3 is 10.1 Å². The average molecular weight is 394 g/mol. The van der Waals surface area contributed by atoms with Crippen molar-refractivity contribution in [1.82, 2.24) is 25.0 Å². The van der Waals surface area contributed by atoms with Crippen molar-refractivity contribution < 1.29 is 9.53 Å². The van der Waals surface area contributed by atoms with E-state index in [2.05, 4.69) is 25.6 Å². The zero-order chi connectivity index (χ0) is 19.7. The number of fused-ring (bicyclic) bond motifs is 1. The van der Waals surface area contributed by atoms with E-state index >= 15 is 0 Å². The number of aryl methyl sites for hydroxylation is 1. The molecule has 28 heavy (non-hydrogen) atoms. The summed E-state index contributed by atoms with van der Waals surface area (Å²) in [4.78, 5) is 17.3. The van der Waals surface area contributed by atoms with Crippen molar-refractivity contribution in [2.45, 2.75) is 20.3 Å². The lowest BCUT2D eigenvalue weighted by atomic mass is 10.2. The van der Waals surface area contributed by atoms with Gasteiger partial charge >= 0.3 is 0 Å². The first-order valence-corrected chi connectivity index (χ1v) is 9.54. The van der Waals surface area contributed by atoms with Gasteiger partial charge in [-0.15, -0.1) is 21.5 Å². The molecule has 0 aliphatic heterocycles. The summed E-state index contributed by atoms with van der Waals surface area (Å²) in [7, 11) is 1.53. The fraction of sp³-hybridized carbons (Fsp3) is 0.211. The zero-order valence-electron chi connectivity index (χ0n) is 15.6. The highest BCUT2D eigenvalue weighted by Crippen LogP contribution is 2.25. The lowest BCUT2D eigenvalue weighted by Gasteiger charge is -2.08. The fourth-order valence-corrected chi connectivity index (χ4v) is 3.82. The number of rotatable bonds is 5. The lowest BCUT2D eigenvalue weighted by Crippen LogP contribution is -2.14. The molecular weight excluding hydrogens is 376 g/mol. The summed E-state index contributed by atoms with van der Waals surface area (Å²) in [6, 6.07) is 9.15. The molecule has 1 aromatic carbocycles. The number of methoxy groups -OCH3 is 1. The first kappa shape index (κ1) is 18.1. The van der Waals surface area contributed by atoms with Gasteiger partial charge in [-0.3, -0.25) is 4.79 Å². The van der Waals surface area contributed by atoms with Crippen molar-refractivity contribution in [3.63, 3.8) is 0 Å². The first-order chi connectivity index (χ1) is 13.6. The smallest absolute Gasteiger partial charge is 0.259 e. The minimum Gasteiger partial charge on any atom is -0.480 e. The van der Waals surface area contributed by atoms with E-state index in [1.54, 1.807) is 34.3 Å². The molecule has 9 heteroatoms. The maximum atomic E-state index is 12.8. The highest BCUT2D eigenvalue weighted by atomic mass is 32.1. The van der Waals surface area contributed by atoms with E-state index in [1.807, 2.05) is 32.0 Å². The van der Waals surface area contributed by atoms with Gasteiger partial charge in [0, 0.05) is 11.8 Å². The van der Waals surface area contributed by atoms with Crippen molar-refractivity contribution in [2.24, 2.45) is 0 Å². The Morgan fingerprint density at radius 1 is 1.25 bits per heavy atom. The van der Waals surface area contributed by atoms with Crippen molar-refractivity contribution >= 4 is 33.1 Å². The van der Waals surface area contributed by atoms with Gasteiger partial charge in [0.1, 0.15) is 0 Å². The summed E-state index contributed by atoms with van der Waals surface area (Å²) in [6.07, 6.45) is 2.17. The molecule has 0 bridgehead atoms. The van der Waals surface area contributed by atoms with Crippen molar-refractivity contribution in [2.75, 3.05) is 12.4 Å². The third kappa shape index (κ3) is 3.31. The summed E-state index contributed by atoms with van der Waals surface area (Å²) in [5.74, 6) is 0.726. The van der Waals surface area contributed by atoms with E-state index in [4.69, 9.17) is 4.74 Å². The van der Waals surface area contributed by atoms with E-state index in [0.29, 0.717) is 23.7 Å². The molecule has 0 aliphatic carbocycles. The van der Waals surface area contributed by atoms with Crippen LogP contribution in [0.15, 0.2) is 36.5 Å². The van der Waals surface area contributed by atoms with Crippen molar-refractivity contribution in [3.8, 4) is 11.7 Å². The minimum atomic E-state index is -0.217. The summed E-state index contributed by atoms with van der Waals surface area (Å²) >= 11 is 1.60. The third-order valence-electron chi connectivity index (χ3n) is 4.25. The van der Waals surface area contributed by atoms with Gasteiger partial charge in [-0.1, -0.05) is 6.92 Å². The Hall–Kier alpha value is -3.33. The van der Waals surface area contributed by atoms with Crippen LogP contribution in [-0.4, -0.2) is 38.0 Å². The summed E-state index contributed by atoms with van der Waals surface area (Å²) < 4.78 is 7.69. The Kier molecular flexibility index (Phi) is 4.74. The van der Waals surface area contributed by atoms with Crippen LogP contribution in [0, 0.1) is 6.92 Å². The number of amides is 1. The Morgan fingerprint density at radius 2 is 2.11 bits per heavy atom. The predicted molar refractivity (Wildman–Crippen MR) is 107 cm³/mol. The van der Waals surface area contributed by atoms with E-state index in [1.165, 1.54) is 7.11 Å². The highest BCUT2D eigenvalue weighted by Gasteiger charge is 2.18.